The third-order valence-electron chi connectivity index (χ3n) is 3.14. The Morgan fingerprint density at radius 2 is 1.60 bits per heavy atom. The Bertz CT molecular complexity index is 319. The topological polar surface area (TPSA) is 39.7 Å². The van der Waals surface area contributed by atoms with Gasteiger partial charge in [-0.05, 0) is 25.5 Å². The molecular formula is C16H27NO3. The molecule has 0 amide bonds. The number of methoxy groups -OCH3 is 1. The van der Waals surface area contributed by atoms with Crippen molar-refractivity contribution in [2.24, 2.45) is 0 Å². The first-order valence-corrected chi connectivity index (χ1v) is 7.25. The lowest BCUT2D eigenvalue weighted by Gasteiger charge is -2.16. The van der Waals surface area contributed by atoms with Crippen LogP contribution in [0.15, 0.2) is 30.3 Å². The highest BCUT2D eigenvalue weighted by Gasteiger charge is 2.07. The van der Waals surface area contributed by atoms with Gasteiger partial charge in [0.1, 0.15) is 0 Å². The molecular weight excluding hydrogens is 254 g/mol. The SMILES string of the molecule is CNC(CCCOCCOCCOC)c1ccccc1. The molecule has 114 valence electrons. The lowest BCUT2D eigenvalue weighted by atomic mass is 10.0. The van der Waals surface area contributed by atoms with Crippen LogP contribution in [0.1, 0.15) is 24.4 Å². The minimum absolute atomic E-state index is 0.401. The van der Waals surface area contributed by atoms with Crippen LogP contribution in [0.25, 0.3) is 0 Å². The maximum absolute atomic E-state index is 5.55. The molecule has 0 heterocycles. The number of benzene rings is 1. The van der Waals surface area contributed by atoms with Gasteiger partial charge in [-0.2, -0.15) is 0 Å². The summed E-state index contributed by atoms with van der Waals surface area (Å²) in [7, 11) is 3.67. The van der Waals surface area contributed by atoms with Crippen LogP contribution in [0.3, 0.4) is 0 Å². The predicted octanol–water partition coefficient (Wildman–Crippen LogP) is 2.41. The Hall–Kier alpha value is -0.940. The number of nitrogens with one attached hydrogen (secondary N) is 1. The van der Waals surface area contributed by atoms with Crippen molar-refractivity contribution < 1.29 is 14.2 Å². The second-order valence-corrected chi connectivity index (χ2v) is 4.61. The van der Waals surface area contributed by atoms with E-state index in [1.54, 1.807) is 7.11 Å². The number of hydrogen-bond donors (Lipinski definition) is 1. The lowest BCUT2D eigenvalue weighted by molar-refractivity contribution is 0.0237. The van der Waals surface area contributed by atoms with Gasteiger partial charge in [0, 0.05) is 19.8 Å². The van der Waals surface area contributed by atoms with Crippen LogP contribution < -0.4 is 5.32 Å². The first kappa shape index (κ1) is 17.1. The van der Waals surface area contributed by atoms with Crippen LogP contribution in [0.2, 0.25) is 0 Å². The van der Waals surface area contributed by atoms with E-state index in [9.17, 15) is 0 Å². The zero-order valence-electron chi connectivity index (χ0n) is 12.6. The Labute approximate surface area is 122 Å². The molecule has 4 nitrogen and oxygen atoms in total. The molecule has 1 aromatic carbocycles. The summed E-state index contributed by atoms with van der Waals surface area (Å²) in [6.07, 6.45) is 2.11. The van der Waals surface area contributed by atoms with Crippen LogP contribution in [0.5, 0.6) is 0 Å². The fourth-order valence-electron chi connectivity index (χ4n) is 2.02. The average Bonchev–Trinajstić information content (AvgIpc) is 2.50. The average molecular weight is 281 g/mol. The summed E-state index contributed by atoms with van der Waals surface area (Å²) >= 11 is 0. The number of rotatable bonds is 12. The molecule has 0 aliphatic carbocycles. The van der Waals surface area contributed by atoms with Crippen LogP contribution >= 0.6 is 0 Å². The molecule has 4 heteroatoms. The fraction of sp³-hybridized carbons (Fsp3) is 0.625. The van der Waals surface area contributed by atoms with Crippen LogP contribution in [-0.4, -0.2) is 47.2 Å². The monoisotopic (exact) mass is 281 g/mol. The maximum atomic E-state index is 5.55. The molecule has 0 saturated heterocycles. The normalized spacial score (nSPS) is 12.5. The molecule has 0 fully saturated rings. The van der Waals surface area contributed by atoms with Crippen LogP contribution in [-0.2, 0) is 14.2 Å². The van der Waals surface area contributed by atoms with Crippen molar-refractivity contribution in [2.75, 3.05) is 47.2 Å². The molecule has 0 aromatic heterocycles. The van der Waals surface area contributed by atoms with Crippen molar-refractivity contribution >= 4 is 0 Å². The second-order valence-electron chi connectivity index (χ2n) is 4.61. The second kappa shape index (κ2) is 11.9. The highest BCUT2D eigenvalue weighted by Crippen LogP contribution is 2.17. The summed E-state index contributed by atoms with van der Waals surface area (Å²) in [6.45, 7) is 3.34. The molecule has 20 heavy (non-hydrogen) atoms. The van der Waals surface area contributed by atoms with Gasteiger partial charge >= 0.3 is 0 Å². The van der Waals surface area contributed by atoms with E-state index in [0.29, 0.717) is 32.5 Å². The Balaban J connectivity index is 2.02. The summed E-state index contributed by atoms with van der Waals surface area (Å²) in [4.78, 5) is 0. The van der Waals surface area contributed by atoms with Crippen LogP contribution in [0.4, 0.5) is 0 Å². The van der Waals surface area contributed by atoms with E-state index in [4.69, 9.17) is 14.2 Å². The first-order chi connectivity index (χ1) is 9.88. The number of hydrogen-bond acceptors (Lipinski definition) is 4. The van der Waals surface area contributed by atoms with Crippen molar-refractivity contribution in [3.05, 3.63) is 35.9 Å². The van der Waals surface area contributed by atoms with Gasteiger partial charge in [0.25, 0.3) is 0 Å². The minimum Gasteiger partial charge on any atom is -0.382 e. The van der Waals surface area contributed by atoms with E-state index >= 15 is 0 Å². The molecule has 1 aromatic rings. The van der Waals surface area contributed by atoms with E-state index in [1.165, 1.54) is 5.56 Å². The Morgan fingerprint density at radius 3 is 2.25 bits per heavy atom. The smallest absolute Gasteiger partial charge is 0.0701 e. The van der Waals surface area contributed by atoms with Gasteiger partial charge in [0.15, 0.2) is 0 Å². The molecule has 1 atom stereocenters. The molecule has 1 unspecified atom stereocenters. The third kappa shape index (κ3) is 7.60. The Morgan fingerprint density at radius 1 is 0.950 bits per heavy atom. The van der Waals surface area contributed by atoms with E-state index in [0.717, 1.165) is 19.4 Å². The third-order valence-corrected chi connectivity index (χ3v) is 3.14. The van der Waals surface area contributed by atoms with E-state index in [-0.39, 0.29) is 0 Å². The quantitative estimate of drug-likeness (QED) is 0.597. The summed E-state index contributed by atoms with van der Waals surface area (Å²) in [5.74, 6) is 0. The molecule has 0 spiro atoms. The first-order valence-electron chi connectivity index (χ1n) is 7.25. The van der Waals surface area contributed by atoms with Crippen molar-refractivity contribution in [3.8, 4) is 0 Å². The molecule has 1 N–H and O–H groups in total. The van der Waals surface area contributed by atoms with Gasteiger partial charge in [-0.25, -0.2) is 0 Å². The zero-order chi connectivity index (χ0) is 14.5. The maximum Gasteiger partial charge on any atom is 0.0701 e. The number of ether oxygens (including phenoxy) is 3. The molecule has 0 saturated carbocycles. The Kier molecular flexibility index (Phi) is 10.1. The summed E-state index contributed by atoms with van der Waals surface area (Å²) < 4.78 is 15.8. The molecule has 0 aliphatic heterocycles. The zero-order valence-corrected chi connectivity index (χ0v) is 12.6. The molecule has 0 radical (unpaired) electrons. The standard InChI is InChI=1S/C16H27NO3/c1-17-16(15-7-4-3-5-8-15)9-6-10-19-13-14-20-12-11-18-2/h3-5,7-8,16-17H,6,9-14H2,1-2H3. The van der Waals surface area contributed by atoms with Gasteiger partial charge < -0.3 is 19.5 Å². The molecule has 0 aliphatic rings. The van der Waals surface area contributed by atoms with E-state index in [1.807, 2.05) is 13.1 Å². The van der Waals surface area contributed by atoms with Crippen molar-refractivity contribution in [1.29, 1.82) is 0 Å². The lowest BCUT2D eigenvalue weighted by Crippen LogP contribution is -2.17. The highest BCUT2D eigenvalue weighted by molar-refractivity contribution is 5.18. The molecule has 0 bridgehead atoms. The van der Waals surface area contributed by atoms with E-state index in [2.05, 4.69) is 29.6 Å². The van der Waals surface area contributed by atoms with E-state index < -0.39 is 0 Å². The van der Waals surface area contributed by atoms with Gasteiger partial charge in [0.05, 0.1) is 26.4 Å². The van der Waals surface area contributed by atoms with Gasteiger partial charge in [-0.1, -0.05) is 30.3 Å². The van der Waals surface area contributed by atoms with Crippen LogP contribution in [0, 0.1) is 0 Å². The summed E-state index contributed by atoms with van der Waals surface area (Å²) in [5.41, 5.74) is 1.33. The predicted molar refractivity (Wildman–Crippen MR) is 81.0 cm³/mol. The highest BCUT2D eigenvalue weighted by atomic mass is 16.5. The summed E-state index contributed by atoms with van der Waals surface area (Å²) in [5, 5.41) is 3.35. The van der Waals surface area contributed by atoms with Crippen molar-refractivity contribution in [3.63, 3.8) is 0 Å². The van der Waals surface area contributed by atoms with Gasteiger partial charge in [0.2, 0.25) is 0 Å². The van der Waals surface area contributed by atoms with Crippen molar-refractivity contribution in [1.82, 2.24) is 5.32 Å². The van der Waals surface area contributed by atoms with Gasteiger partial charge in [-0.3, -0.25) is 0 Å². The molecule has 1 rings (SSSR count). The van der Waals surface area contributed by atoms with Gasteiger partial charge in [-0.15, -0.1) is 0 Å². The minimum atomic E-state index is 0.401. The largest absolute Gasteiger partial charge is 0.382 e. The summed E-state index contributed by atoms with van der Waals surface area (Å²) in [6, 6.07) is 10.9. The fourth-order valence-corrected chi connectivity index (χ4v) is 2.02. The van der Waals surface area contributed by atoms with Crippen molar-refractivity contribution in [2.45, 2.75) is 18.9 Å².